The maximum absolute atomic E-state index is 12.9. The van der Waals surface area contributed by atoms with Crippen molar-refractivity contribution in [3.8, 4) is 0 Å². The monoisotopic (exact) mass is 524 g/mol. The Kier molecular flexibility index (Phi) is 10.6. The van der Waals surface area contributed by atoms with E-state index in [1.54, 1.807) is 20.8 Å². The van der Waals surface area contributed by atoms with Crippen LogP contribution >= 0.6 is 0 Å². The third-order valence-corrected chi connectivity index (χ3v) is 4.59. The summed E-state index contributed by atoms with van der Waals surface area (Å²) in [5, 5.41) is 0. The SMILES string of the molecule is CCC(C)(CC(C)(C)C(=O)OC(C)(C)C)C(=O)OC(COC(=O)C(F)(F)F)COC(=O)C(F)(F)F. The first-order valence-electron chi connectivity index (χ1n) is 10.4. The van der Waals surface area contributed by atoms with Crippen LogP contribution in [0.2, 0.25) is 0 Å². The number of ether oxygens (including phenoxy) is 4. The number of rotatable bonds is 10. The van der Waals surface area contributed by atoms with Gasteiger partial charge in [0.2, 0.25) is 0 Å². The zero-order valence-corrected chi connectivity index (χ0v) is 20.4. The summed E-state index contributed by atoms with van der Waals surface area (Å²) in [6.07, 6.45) is -13.0. The predicted octanol–water partition coefficient (Wildman–Crippen LogP) is 4.28. The van der Waals surface area contributed by atoms with E-state index in [1.807, 2.05) is 0 Å². The van der Waals surface area contributed by atoms with Crippen molar-refractivity contribution in [2.45, 2.75) is 85.4 Å². The molecule has 35 heavy (non-hydrogen) atoms. The van der Waals surface area contributed by atoms with E-state index >= 15 is 0 Å². The second-order valence-electron chi connectivity index (χ2n) is 9.70. The smallest absolute Gasteiger partial charge is 0.460 e. The molecule has 0 aliphatic heterocycles. The quantitative estimate of drug-likeness (QED) is 0.237. The first-order chi connectivity index (χ1) is 15.4. The van der Waals surface area contributed by atoms with Gasteiger partial charge in [0.1, 0.15) is 18.8 Å². The highest BCUT2D eigenvalue weighted by molar-refractivity contribution is 5.81. The van der Waals surface area contributed by atoms with Crippen molar-refractivity contribution in [3.05, 3.63) is 0 Å². The highest BCUT2D eigenvalue weighted by Gasteiger charge is 2.46. The molecule has 0 bridgehead atoms. The molecule has 204 valence electrons. The Labute approximate surface area is 198 Å². The van der Waals surface area contributed by atoms with Crippen molar-refractivity contribution in [1.82, 2.24) is 0 Å². The van der Waals surface area contributed by atoms with Crippen LogP contribution in [0.5, 0.6) is 0 Å². The van der Waals surface area contributed by atoms with E-state index in [0.717, 1.165) is 0 Å². The minimum atomic E-state index is -5.42. The predicted molar refractivity (Wildman–Crippen MR) is 107 cm³/mol. The molecule has 0 aromatic heterocycles. The zero-order valence-electron chi connectivity index (χ0n) is 20.4. The Hall–Kier alpha value is -2.54. The molecule has 8 nitrogen and oxygen atoms in total. The van der Waals surface area contributed by atoms with Gasteiger partial charge in [-0.15, -0.1) is 0 Å². The number of halogens is 6. The van der Waals surface area contributed by atoms with Crippen molar-refractivity contribution < 1.29 is 64.5 Å². The van der Waals surface area contributed by atoms with Gasteiger partial charge in [-0.2, -0.15) is 26.3 Å². The zero-order chi connectivity index (χ0) is 28.0. The molecule has 0 radical (unpaired) electrons. The van der Waals surface area contributed by atoms with Crippen molar-refractivity contribution in [3.63, 3.8) is 0 Å². The lowest BCUT2D eigenvalue weighted by molar-refractivity contribution is -0.211. The van der Waals surface area contributed by atoms with Crippen LogP contribution in [0.15, 0.2) is 0 Å². The molecule has 1 atom stereocenters. The summed E-state index contributed by atoms with van der Waals surface area (Å²) < 4.78 is 92.6. The van der Waals surface area contributed by atoms with Crippen molar-refractivity contribution in [2.75, 3.05) is 13.2 Å². The highest BCUT2D eigenvalue weighted by atomic mass is 19.4. The van der Waals surface area contributed by atoms with E-state index in [4.69, 9.17) is 9.47 Å². The van der Waals surface area contributed by atoms with E-state index < -0.39 is 72.0 Å². The molecule has 0 saturated carbocycles. The van der Waals surface area contributed by atoms with Gasteiger partial charge in [0.05, 0.1) is 10.8 Å². The summed E-state index contributed by atoms with van der Waals surface area (Å²) in [4.78, 5) is 47.3. The maximum Gasteiger partial charge on any atom is 0.490 e. The van der Waals surface area contributed by atoms with E-state index in [2.05, 4.69) is 9.47 Å². The molecule has 1 unspecified atom stereocenters. The molecule has 0 N–H and O–H groups in total. The van der Waals surface area contributed by atoms with Gasteiger partial charge >= 0.3 is 36.2 Å². The number of hydrogen-bond acceptors (Lipinski definition) is 8. The number of carbonyl (C=O) groups excluding carboxylic acids is 4. The van der Waals surface area contributed by atoms with Crippen LogP contribution in [0.1, 0.15) is 61.3 Å². The summed E-state index contributed by atoms with van der Waals surface area (Å²) in [7, 11) is 0. The topological polar surface area (TPSA) is 105 Å². The minimum Gasteiger partial charge on any atom is -0.460 e. The number of alkyl halides is 6. The molecule has 14 heteroatoms. The van der Waals surface area contributed by atoms with Crippen LogP contribution in [0, 0.1) is 10.8 Å². The van der Waals surface area contributed by atoms with Gasteiger partial charge in [-0.1, -0.05) is 6.92 Å². The molecule has 0 aliphatic rings. The molecular formula is C21H30F6O8. The van der Waals surface area contributed by atoms with E-state index in [-0.39, 0.29) is 12.8 Å². The van der Waals surface area contributed by atoms with Crippen LogP contribution in [0.25, 0.3) is 0 Å². The van der Waals surface area contributed by atoms with Crippen LogP contribution < -0.4 is 0 Å². The number of carbonyl (C=O) groups is 4. The van der Waals surface area contributed by atoms with Crippen molar-refractivity contribution in [1.29, 1.82) is 0 Å². The maximum atomic E-state index is 12.9. The molecule has 0 fully saturated rings. The fourth-order valence-corrected chi connectivity index (χ4v) is 2.72. The molecular weight excluding hydrogens is 494 g/mol. The van der Waals surface area contributed by atoms with E-state index in [1.165, 1.54) is 27.7 Å². The van der Waals surface area contributed by atoms with Crippen LogP contribution in [-0.4, -0.2) is 61.1 Å². The van der Waals surface area contributed by atoms with Crippen LogP contribution in [0.4, 0.5) is 26.3 Å². The number of hydrogen-bond donors (Lipinski definition) is 0. The van der Waals surface area contributed by atoms with Gasteiger partial charge in [-0.05, 0) is 54.4 Å². The lowest BCUT2D eigenvalue weighted by Crippen LogP contribution is -2.43. The fraction of sp³-hybridized carbons (Fsp3) is 0.810. The molecule has 0 aliphatic carbocycles. The molecule has 0 saturated heterocycles. The first-order valence-corrected chi connectivity index (χ1v) is 10.4. The largest absolute Gasteiger partial charge is 0.490 e. The summed E-state index contributed by atoms with van der Waals surface area (Å²) in [5.74, 6) is -7.17. The fourth-order valence-electron chi connectivity index (χ4n) is 2.72. The van der Waals surface area contributed by atoms with Gasteiger partial charge in [0.25, 0.3) is 0 Å². The summed E-state index contributed by atoms with van der Waals surface area (Å²) in [5.41, 5.74) is -3.56. The summed E-state index contributed by atoms with van der Waals surface area (Å²) in [6.45, 7) is 8.06. The second-order valence-corrected chi connectivity index (χ2v) is 9.70. The van der Waals surface area contributed by atoms with E-state index in [0.29, 0.717) is 0 Å². The Balaban J connectivity index is 5.65. The Morgan fingerprint density at radius 3 is 1.40 bits per heavy atom. The van der Waals surface area contributed by atoms with E-state index in [9.17, 15) is 45.5 Å². The summed E-state index contributed by atoms with van der Waals surface area (Å²) in [6, 6.07) is 0. The van der Waals surface area contributed by atoms with Gasteiger partial charge in [0, 0.05) is 0 Å². The third-order valence-electron chi connectivity index (χ3n) is 4.59. The lowest BCUT2D eigenvalue weighted by atomic mass is 9.72. The number of esters is 4. The first kappa shape index (κ1) is 32.5. The van der Waals surface area contributed by atoms with Gasteiger partial charge in [-0.25, -0.2) is 9.59 Å². The molecule has 0 aromatic rings. The van der Waals surface area contributed by atoms with Gasteiger partial charge < -0.3 is 18.9 Å². The average molecular weight is 524 g/mol. The molecule has 0 heterocycles. The molecule has 0 aromatic carbocycles. The molecule has 0 spiro atoms. The third kappa shape index (κ3) is 11.2. The standard InChI is InChI=1S/C21H30F6O8/c1-8-19(7,11-18(5,6)13(28)35-17(2,3)4)14(29)34-12(9-32-15(30)20(22,23)24)10-33-16(31)21(25,26)27/h12H,8-11H2,1-7H3. The highest BCUT2D eigenvalue weighted by Crippen LogP contribution is 2.39. The molecule has 0 amide bonds. The van der Waals surface area contributed by atoms with Crippen molar-refractivity contribution >= 4 is 23.9 Å². The van der Waals surface area contributed by atoms with Crippen LogP contribution in [-0.2, 0) is 38.1 Å². The second kappa shape index (κ2) is 11.5. The van der Waals surface area contributed by atoms with Gasteiger partial charge in [0.15, 0.2) is 6.10 Å². The van der Waals surface area contributed by atoms with Crippen LogP contribution in [0.3, 0.4) is 0 Å². The average Bonchev–Trinajstić information content (AvgIpc) is 2.65. The van der Waals surface area contributed by atoms with Gasteiger partial charge in [-0.3, -0.25) is 9.59 Å². The lowest BCUT2D eigenvalue weighted by Gasteiger charge is -2.36. The van der Waals surface area contributed by atoms with Crippen molar-refractivity contribution in [2.24, 2.45) is 10.8 Å². The Bertz CT molecular complexity index is 752. The normalized spacial score (nSPS) is 14.7. The minimum absolute atomic E-state index is 0.0372. The summed E-state index contributed by atoms with van der Waals surface area (Å²) >= 11 is 0. The Morgan fingerprint density at radius 2 is 1.09 bits per heavy atom. The Morgan fingerprint density at radius 1 is 0.686 bits per heavy atom. The molecule has 0 rings (SSSR count).